The first-order valence-electron chi connectivity index (χ1n) is 17.1. The van der Waals surface area contributed by atoms with Crippen molar-refractivity contribution in [3.05, 3.63) is 59.7 Å². The molecule has 0 unspecified atom stereocenters. The maximum absolute atomic E-state index is 11.7. The van der Waals surface area contributed by atoms with Crippen LogP contribution in [0, 0.1) is 35.5 Å². The van der Waals surface area contributed by atoms with E-state index in [1.54, 1.807) is 38.1 Å². The molecule has 10 rings (SSSR count). The Morgan fingerprint density at radius 3 is 1.04 bits per heavy atom. The van der Waals surface area contributed by atoms with Crippen molar-refractivity contribution in [1.82, 2.24) is 0 Å². The minimum absolute atomic E-state index is 0. The van der Waals surface area contributed by atoms with Gasteiger partial charge in [0.15, 0.2) is 0 Å². The smallest absolute Gasteiger partial charge is 0.872 e. The number of benzene rings is 2. The van der Waals surface area contributed by atoms with Crippen LogP contribution in [-0.2, 0) is 21.7 Å². The van der Waals surface area contributed by atoms with E-state index in [0.29, 0.717) is 0 Å². The van der Waals surface area contributed by atoms with Crippen molar-refractivity contribution in [3.63, 3.8) is 0 Å². The van der Waals surface area contributed by atoms with Crippen molar-refractivity contribution in [1.29, 1.82) is 0 Å². The van der Waals surface area contributed by atoms with E-state index in [2.05, 4.69) is 0 Å². The van der Waals surface area contributed by atoms with E-state index in [1.807, 2.05) is 36.7 Å². The Balaban J connectivity index is 0.000000172. The van der Waals surface area contributed by atoms with E-state index in [4.69, 9.17) is 20.2 Å². The molecule has 8 aliphatic carbocycles. The van der Waals surface area contributed by atoms with Gasteiger partial charge in [-0.1, -0.05) is 62.4 Å². The maximum Gasteiger partial charge on any atom is 4.00 e. The van der Waals surface area contributed by atoms with Crippen molar-refractivity contribution in [2.24, 2.45) is 45.5 Å². The molecule has 8 fully saturated rings. The summed E-state index contributed by atoms with van der Waals surface area (Å²) in [6.45, 7) is 3.14. The van der Waals surface area contributed by atoms with Gasteiger partial charge in [0.2, 0.25) is 0 Å². The minimum Gasteiger partial charge on any atom is -0.872 e. The molecule has 0 aromatic heterocycles. The van der Waals surface area contributed by atoms with Crippen LogP contribution in [0.1, 0.15) is 102 Å². The molecule has 2 aromatic carbocycles. The second-order valence-corrected chi connectivity index (χ2v) is 14.5. The Bertz CT molecular complexity index is 1110. The largest absolute Gasteiger partial charge is 4.00 e. The van der Waals surface area contributed by atoms with Crippen molar-refractivity contribution >= 4 is 12.4 Å². The molecule has 8 aliphatic rings. The molecular weight excluding hydrogens is 596 g/mol. The predicted molar refractivity (Wildman–Crippen MR) is 170 cm³/mol. The first-order valence-corrected chi connectivity index (χ1v) is 17.1. The van der Waals surface area contributed by atoms with E-state index in [0.717, 1.165) is 46.6 Å². The fourth-order valence-corrected chi connectivity index (χ4v) is 10.0. The minimum atomic E-state index is 0. The van der Waals surface area contributed by atoms with Gasteiger partial charge in [0.25, 0.3) is 0 Å². The average Bonchev–Trinajstić information content (AvgIpc) is 2.96. The fraction of sp³-hybridized carbons (Fsp3) is 0.632. The van der Waals surface area contributed by atoms with E-state index in [-0.39, 0.29) is 57.5 Å². The van der Waals surface area contributed by atoms with Crippen LogP contribution in [0.5, 0.6) is 11.5 Å². The van der Waals surface area contributed by atoms with E-state index in [9.17, 15) is 10.2 Å². The summed E-state index contributed by atoms with van der Waals surface area (Å²) in [6.07, 6.45) is 19.9. The second kappa shape index (κ2) is 16.2. The van der Waals surface area contributed by atoms with Crippen LogP contribution in [-0.4, -0.2) is 36.7 Å². The van der Waals surface area contributed by atoms with Gasteiger partial charge in [0, 0.05) is 12.4 Å². The molecule has 0 amide bonds. The Hall–Kier alpha value is -1.99. The molecule has 6 nitrogen and oxygen atoms in total. The molecule has 8 bridgehead atoms. The standard InChI is InChI=1S/2C17H21NO.2C2H5O.Ti/c2*19-16-4-2-1-3-15(16)11-18-17-8-12-5-13(9-17)7-14(6-12)10-17;2*1-2-3;/h2*1-4,11-14,19H,5-10H2;2*2H2,1H3;/q;;2*-1;+4/p-2. The van der Waals surface area contributed by atoms with Crippen molar-refractivity contribution < 1.29 is 42.1 Å². The van der Waals surface area contributed by atoms with Gasteiger partial charge >= 0.3 is 21.7 Å². The van der Waals surface area contributed by atoms with Gasteiger partial charge in [-0.05, 0) is 124 Å². The van der Waals surface area contributed by atoms with E-state index >= 15 is 0 Å². The van der Waals surface area contributed by atoms with Gasteiger partial charge in [-0.25, -0.2) is 0 Å². The molecule has 240 valence electrons. The van der Waals surface area contributed by atoms with Crippen molar-refractivity contribution in [2.75, 3.05) is 13.2 Å². The maximum atomic E-state index is 11.7. The van der Waals surface area contributed by atoms with Gasteiger partial charge in [0.05, 0.1) is 11.1 Å². The Morgan fingerprint density at radius 1 is 0.556 bits per heavy atom. The summed E-state index contributed by atoms with van der Waals surface area (Å²) >= 11 is 0. The first kappa shape index (κ1) is 35.9. The third kappa shape index (κ3) is 9.09. The molecular formula is C38H50N2O4Ti. The number of hydrogen-bond acceptors (Lipinski definition) is 6. The molecule has 0 atom stereocenters. The fourth-order valence-electron chi connectivity index (χ4n) is 10.0. The monoisotopic (exact) mass is 646 g/mol. The Labute approximate surface area is 285 Å². The van der Waals surface area contributed by atoms with Gasteiger partial charge in [-0.15, -0.1) is 24.7 Å². The van der Waals surface area contributed by atoms with Crippen LogP contribution in [0.4, 0.5) is 0 Å². The predicted octanol–water partition coefficient (Wildman–Crippen LogP) is 5.03. The summed E-state index contributed by atoms with van der Waals surface area (Å²) in [5.74, 6) is 5.64. The number of para-hydroxylation sites is 2. The third-order valence-electron chi connectivity index (χ3n) is 10.8. The Kier molecular flexibility index (Phi) is 12.9. The van der Waals surface area contributed by atoms with Crippen LogP contribution in [0.25, 0.3) is 0 Å². The second-order valence-electron chi connectivity index (χ2n) is 14.5. The van der Waals surface area contributed by atoms with Crippen LogP contribution < -0.4 is 20.4 Å². The topological polar surface area (TPSA) is 117 Å². The van der Waals surface area contributed by atoms with Crippen LogP contribution in [0.15, 0.2) is 58.5 Å². The van der Waals surface area contributed by atoms with Gasteiger partial charge < -0.3 is 20.4 Å². The first-order chi connectivity index (χ1) is 21.3. The number of rotatable bonds is 4. The van der Waals surface area contributed by atoms with Crippen molar-refractivity contribution in [3.8, 4) is 11.5 Å². The number of nitrogens with zero attached hydrogens (tertiary/aromatic N) is 2. The van der Waals surface area contributed by atoms with E-state index < -0.39 is 0 Å². The summed E-state index contributed by atoms with van der Waals surface area (Å²) < 4.78 is 0. The van der Waals surface area contributed by atoms with Crippen LogP contribution in [0.2, 0.25) is 0 Å². The summed E-state index contributed by atoms with van der Waals surface area (Å²) in [7, 11) is 0. The number of aliphatic imine (C=N–C) groups is 2. The van der Waals surface area contributed by atoms with Crippen LogP contribution in [0.3, 0.4) is 0 Å². The third-order valence-corrected chi connectivity index (χ3v) is 10.8. The molecule has 0 spiro atoms. The van der Waals surface area contributed by atoms with Crippen LogP contribution >= 0.6 is 0 Å². The van der Waals surface area contributed by atoms with E-state index in [1.165, 1.54) is 77.0 Å². The Morgan fingerprint density at radius 2 is 0.800 bits per heavy atom. The zero-order chi connectivity index (χ0) is 31.2. The molecule has 0 heterocycles. The SMILES string of the molecule is CC[O-].CC[O-].[O-]c1ccccc1C=NC12CC3CC(CC(C3)C1)C2.[O-]c1ccccc1C=NC12CC3CC(CC(C3)C1)C2.[Ti+4]. The molecule has 2 aromatic rings. The molecule has 45 heavy (non-hydrogen) atoms. The number of hydrogen-bond donors (Lipinski definition) is 0. The molecule has 7 heteroatoms. The molecule has 0 N–H and O–H groups in total. The van der Waals surface area contributed by atoms with Gasteiger partial charge in [0.1, 0.15) is 0 Å². The zero-order valence-corrected chi connectivity index (χ0v) is 28.7. The molecule has 0 saturated heterocycles. The zero-order valence-electron chi connectivity index (χ0n) is 27.2. The molecule has 8 saturated carbocycles. The summed E-state index contributed by atoms with van der Waals surface area (Å²) in [5.41, 5.74) is 1.85. The summed E-state index contributed by atoms with van der Waals surface area (Å²) in [6, 6.07) is 14.4. The van der Waals surface area contributed by atoms with Crippen molar-refractivity contribution in [2.45, 2.75) is 102 Å². The van der Waals surface area contributed by atoms with Gasteiger partial charge in [-0.2, -0.15) is 0 Å². The average molecular weight is 647 g/mol. The normalized spacial score (nSPS) is 34.7. The van der Waals surface area contributed by atoms with Gasteiger partial charge in [-0.3, -0.25) is 9.98 Å². The molecule has 0 aliphatic heterocycles. The molecule has 0 radical (unpaired) electrons. The quantitative estimate of drug-likeness (QED) is 0.342. The summed E-state index contributed by atoms with van der Waals surface area (Å²) in [4.78, 5) is 9.84. The summed E-state index contributed by atoms with van der Waals surface area (Å²) in [5, 5.41) is 41.4.